The highest BCUT2D eigenvalue weighted by Crippen LogP contribution is 2.24. The van der Waals surface area contributed by atoms with Crippen LogP contribution in [-0.2, 0) is 9.53 Å². The quantitative estimate of drug-likeness (QED) is 0.722. The second-order valence-corrected chi connectivity index (χ2v) is 4.52. The minimum Gasteiger partial charge on any atom is -0.481 e. The second-order valence-electron chi connectivity index (χ2n) is 4.52. The maximum Gasteiger partial charge on any atom is 0.411 e. The van der Waals surface area contributed by atoms with Crippen molar-refractivity contribution in [2.24, 2.45) is 5.92 Å². The molecule has 18 heavy (non-hydrogen) atoms. The predicted octanol–water partition coefficient (Wildman–Crippen LogP) is 1.80. The van der Waals surface area contributed by atoms with Crippen LogP contribution in [0.15, 0.2) is 0 Å². The molecule has 0 aromatic carbocycles. The van der Waals surface area contributed by atoms with Gasteiger partial charge in [0.1, 0.15) is 6.61 Å². The molecule has 1 rings (SSSR count). The van der Waals surface area contributed by atoms with Crippen molar-refractivity contribution in [1.82, 2.24) is 5.32 Å². The molecule has 1 aliphatic carbocycles. The number of carboxylic acid groups (broad SMARTS) is 1. The van der Waals surface area contributed by atoms with E-state index in [9.17, 15) is 18.0 Å². The molecule has 0 radical (unpaired) electrons. The van der Waals surface area contributed by atoms with Crippen molar-refractivity contribution >= 4 is 5.97 Å². The van der Waals surface area contributed by atoms with Gasteiger partial charge in [-0.15, -0.1) is 0 Å². The largest absolute Gasteiger partial charge is 0.481 e. The first-order chi connectivity index (χ1) is 8.38. The molecule has 0 aliphatic heterocycles. The molecule has 0 aromatic rings. The SMILES string of the molecule is O=C(O)C1CCCC(NCCOCC(F)(F)F)C1. The standard InChI is InChI=1S/C11H18F3NO3/c12-11(13,14)7-18-5-4-15-9-3-1-2-8(6-9)10(16)17/h8-9,15H,1-7H2,(H,16,17). The smallest absolute Gasteiger partial charge is 0.411 e. The molecule has 0 bridgehead atoms. The van der Waals surface area contributed by atoms with Crippen molar-refractivity contribution in [3.8, 4) is 0 Å². The van der Waals surface area contributed by atoms with Gasteiger partial charge in [0, 0.05) is 12.6 Å². The summed E-state index contributed by atoms with van der Waals surface area (Å²) >= 11 is 0. The van der Waals surface area contributed by atoms with Crippen LogP contribution < -0.4 is 5.32 Å². The summed E-state index contributed by atoms with van der Waals surface area (Å²) in [6, 6.07) is 0.0642. The zero-order valence-corrected chi connectivity index (χ0v) is 10.0. The van der Waals surface area contributed by atoms with Crippen molar-refractivity contribution in [2.45, 2.75) is 37.9 Å². The predicted molar refractivity (Wildman–Crippen MR) is 58.3 cm³/mol. The molecule has 0 amide bonds. The first-order valence-corrected chi connectivity index (χ1v) is 5.99. The molecular formula is C11H18F3NO3. The first-order valence-electron chi connectivity index (χ1n) is 5.99. The molecule has 0 saturated heterocycles. The Hall–Kier alpha value is -0.820. The number of aliphatic carboxylic acids is 1. The lowest BCUT2D eigenvalue weighted by molar-refractivity contribution is -0.173. The number of nitrogens with one attached hydrogen (secondary N) is 1. The molecule has 0 spiro atoms. The number of hydrogen-bond donors (Lipinski definition) is 2. The Bertz CT molecular complexity index is 271. The Morgan fingerprint density at radius 2 is 2.11 bits per heavy atom. The van der Waals surface area contributed by atoms with E-state index < -0.39 is 18.8 Å². The van der Waals surface area contributed by atoms with Crippen LogP contribution in [-0.4, -0.2) is 43.1 Å². The minimum absolute atomic E-state index is 0.0201. The average molecular weight is 269 g/mol. The summed E-state index contributed by atoms with van der Waals surface area (Å²) in [5.41, 5.74) is 0. The minimum atomic E-state index is -4.29. The molecule has 0 aromatic heterocycles. The van der Waals surface area contributed by atoms with Crippen molar-refractivity contribution in [3.05, 3.63) is 0 Å². The zero-order valence-electron chi connectivity index (χ0n) is 10.0. The van der Waals surface area contributed by atoms with Gasteiger partial charge in [-0.2, -0.15) is 13.2 Å². The molecule has 106 valence electrons. The number of rotatable bonds is 6. The molecule has 1 fully saturated rings. The van der Waals surface area contributed by atoms with Gasteiger partial charge in [-0.25, -0.2) is 0 Å². The van der Waals surface area contributed by atoms with Crippen LogP contribution in [0.1, 0.15) is 25.7 Å². The van der Waals surface area contributed by atoms with E-state index >= 15 is 0 Å². The topological polar surface area (TPSA) is 58.6 Å². The van der Waals surface area contributed by atoms with Crippen LogP contribution in [0.25, 0.3) is 0 Å². The number of hydrogen-bond acceptors (Lipinski definition) is 3. The van der Waals surface area contributed by atoms with E-state index in [1.54, 1.807) is 0 Å². The third-order valence-electron chi connectivity index (χ3n) is 2.97. The maximum atomic E-state index is 11.8. The van der Waals surface area contributed by atoms with E-state index in [0.29, 0.717) is 19.4 Å². The van der Waals surface area contributed by atoms with Crippen LogP contribution in [0.2, 0.25) is 0 Å². The van der Waals surface area contributed by atoms with Crippen molar-refractivity contribution in [1.29, 1.82) is 0 Å². The first kappa shape index (κ1) is 15.2. The fourth-order valence-corrected chi connectivity index (χ4v) is 2.12. The van der Waals surface area contributed by atoms with E-state index in [2.05, 4.69) is 10.1 Å². The lowest BCUT2D eigenvalue weighted by Crippen LogP contribution is -2.38. The molecule has 7 heteroatoms. The summed E-state index contributed by atoms with van der Waals surface area (Å²) in [6.45, 7) is -0.946. The highest BCUT2D eigenvalue weighted by molar-refractivity contribution is 5.70. The van der Waals surface area contributed by atoms with Gasteiger partial charge in [0.25, 0.3) is 0 Å². The number of carbonyl (C=O) groups is 1. The van der Waals surface area contributed by atoms with E-state index in [1.807, 2.05) is 0 Å². The van der Waals surface area contributed by atoms with Crippen molar-refractivity contribution < 1.29 is 27.8 Å². The Labute approximate surface area is 103 Å². The number of carboxylic acids is 1. The number of halogens is 3. The third kappa shape index (κ3) is 6.20. The molecule has 0 heterocycles. The van der Waals surface area contributed by atoms with Gasteiger partial charge >= 0.3 is 12.1 Å². The Kier molecular flexibility index (Phi) is 5.87. The second kappa shape index (κ2) is 6.94. The lowest BCUT2D eigenvalue weighted by atomic mass is 9.86. The summed E-state index contributed by atoms with van der Waals surface area (Å²) in [7, 11) is 0. The van der Waals surface area contributed by atoms with Crippen LogP contribution in [0, 0.1) is 5.92 Å². The van der Waals surface area contributed by atoms with Gasteiger partial charge in [-0.05, 0) is 19.3 Å². The highest BCUT2D eigenvalue weighted by atomic mass is 19.4. The normalized spacial score (nSPS) is 25.1. The molecule has 2 unspecified atom stereocenters. The molecular weight excluding hydrogens is 251 g/mol. The van der Waals surface area contributed by atoms with Crippen LogP contribution in [0.3, 0.4) is 0 Å². The third-order valence-corrected chi connectivity index (χ3v) is 2.97. The van der Waals surface area contributed by atoms with Gasteiger partial charge in [0.2, 0.25) is 0 Å². The van der Waals surface area contributed by atoms with Gasteiger partial charge in [0.05, 0.1) is 12.5 Å². The highest BCUT2D eigenvalue weighted by Gasteiger charge is 2.28. The fraction of sp³-hybridized carbons (Fsp3) is 0.909. The van der Waals surface area contributed by atoms with E-state index in [1.165, 1.54) is 0 Å². The van der Waals surface area contributed by atoms with Crippen molar-refractivity contribution in [2.75, 3.05) is 19.8 Å². The molecule has 2 atom stereocenters. The van der Waals surface area contributed by atoms with Gasteiger partial charge in [0.15, 0.2) is 0 Å². The number of alkyl halides is 3. The van der Waals surface area contributed by atoms with E-state index in [-0.39, 0.29) is 18.6 Å². The molecule has 2 N–H and O–H groups in total. The maximum absolute atomic E-state index is 11.8. The van der Waals surface area contributed by atoms with Crippen molar-refractivity contribution in [3.63, 3.8) is 0 Å². The Morgan fingerprint density at radius 3 is 2.72 bits per heavy atom. The lowest BCUT2D eigenvalue weighted by Gasteiger charge is -2.27. The summed E-state index contributed by atoms with van der Waals surface area (Å²) in [6.07, 6.45) is -1.38. The van der Waals surface area contributed by atoms with Crippen LogP contribution in [0.5, 0.6) is 0 Å². The van der Waals surface area contributed by atoms with E-state index in [4.69, 9.17) is 5.11 Å². The monoisotopic (exact) mass is 269 g/mol. The van der Waals surface area contributed by atoms with E-state index in [0.717, 1.165) is 12.8 Å². The van der Waals surface area contributed by atoms with Crippen LogP contribution in [0.4, 0.5) is 13.2 Å². The van der Waals surface area contributed by atoms with Crippen LogP contribution >= 0.6 is 0 Å². The average Bonchev–Trinajstić information content (AvgIpc) is 2.27. The van der Waals surface area contributed by atoms with Gasteiger partial charge in [-0.1, -0.05) is 6.42 Å². The summed E-state index contributed by atoms with van der Waals surface area (Å²) < 4.78 is 39.8. The summed E-state index contributed by atoms with van der Waals surface area (Å²) in [5, 5.41) is 11.9. The molecule has 1 aliphatic rings. The van der Waals surface area contributed by atoms with Gasteiger partial charge < -0.3 is 15.2 Å². The number of ether oxygens (including phenoxy) is 1. The summed E-state index contributed by atoms with van der Waals surface area (Å²) in [4.78, 5) is 10.8. The Morgan fingerprint density at radius 1 is 1.39 bits per heavy atom. The zero-order chi connectivity index (χ0) is 13.6. The Balaban J connectivity index is 2.10. The summed E-state index contributed by atoms with van der Waals surface area (Å²) in [5.74, 6) is -1.14. The molecule has 4 nitrogen and oxygen atoms in total. The fourth-order valence-electron chi connectivity index (χ4n) is 2.12. The molecule has 1 saturated carbocycles. The van der Waals surface area contributed by atoms with Gasteiger partial charge in [-0.3, -0.25) is 4.79 Å².